The number of nitrogens with zero attached hydrogens (tertiary/aromatic N) is 2. The lowest BCUT2D eigenvalue weighted by Gasteiger charge is -2.24. The molecule has 2 aromatic carbocycles. The number of carbonyl (C=O) groups excluding carboxylic acids is 1. The van der Waals surface area contributed by atoms with Crippen molar-refractivity contribution in [3.05, 3.63) is 65.7 Å². The first-order chi connectivity index (χ1) is 12.6. The highest BCUT2D eigenvalue weighted by Gasteiger charge is 2.27. The SMILES string of the molecule is COc1ccc(OC(C)C(=O)N(c2ccccc2)c2nc(C)cs2)cc1. The van der Waals surface area contributed by atoms with Gasteiger partial charge in [-0.15, -0.1) is 11.3 Å². The largest absolute Gasteiger partial charge is 0.497 e. The molecule has 1 unspecified atom stereocenters. The van der Waals surface area contributed by atoms with Gasteiger partial charge in [0.25, 0.3) is 5.91 Å². The number of amides is 1. The number of methoxy groups -OCH3 is 1. The van der Waals surface area contributed by atoms with Crippen molar-refractivity contribution in [1.82, 2.24) is 4.98 Å². The van der Waals surface area contributed by atoms with Gasteiger partial charge in [0.15, 0.2) is 11.2 Å². The summed E-state index contributed by atoms with van der Waals surface area (Å²) in [7, 11) is 1.61. The zero-order chi connectivity index (χ0) is 18.5. The Balaban J connectivity index is 1.84. The molecule has 0 saturated heterocycles. The normalized spacial score (nSPS) is 11.7. The molecule has 0 saturated carbocycles. The molecule has 1 heterocycles. The van der Waals surface area contributed by atoms with Crippen LogP contribution in [-0.2, 0) is 4.79 Å². The summed E-state index contributed by atoms with van der Waals surface area (Å²) in [6, 6.07) is 16.6. The van der Waals surface area contributed by atoms with Crippen molar-refractivity contribution in [3.63, 3.8) is 0 Å². The smallest absolute Gasteiger partial charge is 0.274 e. The van der Waals surface area contributed by atoms with Gasteiger partial charge in [0.2, 0.25) is 0 Å². The van der Waals surface area contributed by atoms with Crippen LogP contribution in [0.1, 0.15) is 12.6 Å². The second-order valence-corrected chi connectivity index (χ2v) is 6.55. The second-order valence-electron chi connectivity index (χ2n) is 5.72. The number of aromatic nitrogens is 1. The fourth-order valence-corrected chi connectivity index (χ4v) is 3.27. The number of carbonyl (C=O) groups is 1. The fraction of sp³-hybridized carbons (Fsp3) is 0.200. The lowest BCUT2D eigenvalue weighted by Crippen LogP contribution is -2.37. The molecule has 0 radical (unpaired) electrons. The van der Waals surface area contributed by atoms with Crippen molar-refractivity contribution < 1.29 is 14.3 Å². The molecule has 0 aliphatic carbocycles. The molecule has 0 spiro atoms. The van der Waals surface area contributed by atoms with Gasteiger partial charge < -0.3 is 9.47 Å². The molecule has 1 amide bonds. The first-order valence-electron chi connectivity index (χ1n) is 8.20. The van der Waals surface area contributed by atoms with Gasteiger partial charge in [0, 0.05) is 5.38 Å². The molecule has 0 aliphatic rings. The first kappa shape index (κ1) is 17.9. The minimum atomic E-state index is -0.673. The summed E-state index contributed by atoms with van der Waals surface area (Å²) < 4.78 is 11.0. The minimum absolute atomic E-state index is 0.179. The molecule has 1 atom stereocenters. The van der Waals surface area contributed by atoms with Gasteiger partial charge >= 0.3 is 0 Å². The van der Waals surface area contributed by atoms with Gasteiger partial charge in [-0.3, -0.25) is 9.69 Å². The number of hydrogen-bond acceptors (Lipinski definition) is 5. The number of ether oxygens (including phenoxy) is 2. The number of anilines is 2. The molecule has 5 nitrogen and oxygen atoms in total. The topological polar surface area (TPSA) is 51.7 Å². The number of thiazole rings is 1. The molecule has 3 rings (SSSR count). The Bertz CT molecular complexity index is 862. The Morgan fingerprint density at radius 1 is 1.08 bits per heavy atom. The molecule has 26 heavy (non-hydrogen) atoms. The van der Waals surface area contributed by atoms with Gasteiger partial charge in [0.05, 0.1) is 18.5 Å². The van der Waals surface area contributed by atoms with Crippen molar-refractivity contribution in [2.45, 2.75) is 20.0 Å². The standard InChI is InChI=1S/C20H20N2O3S/c1-14-13-26-20(21-14)22(16-7-5-4-6-8-16)19(23)15(2)25-18-11-9-17(24-3)10-12-18/h4-13,15H,1-3H3. The lowest BCUT2D eigenvalue weighted by atomic mass is 10.2. The monoisotopic (exact) mass is 368 g/mol. The highest BCUT2D eigenvalue weighted by molar-refractivity contribution is 7.14. The maximum atomic E-state index is 13.1. The summed E-state index contributed by atoms with van der Waals surface area (Å²) in [4.78, 5) is 19.2. The maximum Gasteiger partial charge on any atom is 0.274 e. The Hall–Kier alpha value is -2.86. The number of rotatable bonds is 6. The summed E-state index contributed by atoms with van der Waals surface area (Å²) in [5.41, 5.74) is 1.64. The third-order valence-electron chi connectivity index (χ3n) is 3.75. The third kappa shape index (κ3) is 4.03. The van der Waals surface area contributed by atoms with Gasteiger partial charge in [-0.1, -0.05) is 18.2 Å². The van der Waals surface area contributed by atoms with Crippen molar-refractivity contribution in [1.29, 1.82) is 0 Å². The van der Waals surface area contributed by atoms with Crippen LogP contribution in [0.15, 0.2) is 60.0 Å². The van der Waals surface area contributed by atoms with E-state index < -0.39 is 6.10 Å². The van der Waals surface area contributed by atoms with Crippen molar-refractivity contribution in [3.8, 4) is 11.5 Å². The summed E-state index contributed by atoms with van der Waals surface area (Å²) in [6.45, 7) is 3.65. The van der Waals surface area contributed by atoms with E-state index in [2.05, 4.69) is 4.98 Å². The summed E-state index contributed by atoms with van der Waals surface area (Å²) in [6.07, 6.45) is -0.673. The summed E-state index contributed by atoms with van der Waals surface area (Å²) in [5.74, 6) is 1.16. The number of benzene rings is 2. The van der Waals surface area contributed by atoms with E-state index in [4.69, 9.17) is 9.47 Å². The van der Waals surface area contributed by atoms with Gasteiger partial charge in [0.1, 0.15) is 11.5 Å². The zero-order valence-corrected chi connectivity index (χ0v) is 15.7. The molecule has 1 aromatic heterocycles. The van der Waals surface area contributed by atoms with Gasteiger partial charge in [-0.2, -0.15) is 0 Å². The quantitative estimate of drug-likeness (QED) is 0.638. The van der Waals surface area contributed by atoms with Crippen LogP contribution in [0, 0.1) is 6.92 Å². The van der Waals surface area contributed by atoms with E-state index in [0.717, 1.165) is 17.1 Å². The summed E-state index contributed by atoms with van der Waals surface area (Å²) in [5, 5.41) is 2.55. The molecule has 3 aromatic rings. The predicted octanol–water partition coefficient (Wildman–Crippen LogP) is 4.59. The number of hydrogen-bond donors (Lipinski definition) is 0. The minimum Gasteiger partial charge on any atom is -0.497 e. The van der Waals surface area contributed by atoms with E-state index in [1.807, 2.05) is 42.6 Å². The van der Waals surface area contributed by atoms with Crippen LogP contribution in [-0.4, -0.2) is 24.1 Å². The molecular formula is C20H20N2O3S. The zero-order valence-electron chi connectivity index (χ0n) is 14.9. The van der Waals surface area contributed by atoms with E-state index in [9.17, 15) is 4.79 Å². The van der Waals surface area contributed by atoms with Crippen LogP contribution < -0.4 is 14.4 Å². The van der Waals surface area contributed by atoms with Crippen LogP contribution in [0.4, 0.5) is 10.8 Å². The average molecular weight is 368 g/mol. The molecule has 6 heteroatoms. The van der Waals surface area contributed by atoms with E-state index >= 15 is 0 Å². The fourth-order valence-electron chi connectivity index (χ4n) is 2.44. The molecule has 0 fully saturated rings. The van der Waals surface area contributed by atoms with E-state index in [0.29, 0.717) is 10.9 Å². The van der Waals surface area contributed by atoms with Crippen LogP contribution in [0.25, 0.3) is 0 Å². The van der Waals surface area contributed by atoms with Gasteiger partial charge in [-0.05, 0) is 50.2 Å². The Labute approximate surface area is 156 Å². The van der Waals surface area contributed by atoms with Crippen molar-refractivity contribution in [2.24, 2.45) is 0 Å². The van der Waals surface area contributed by atoms with E-state index in [1.165, 1.54) is 11.3 Å². The lowest BCUT2D eigenvalue weighted by molar-refractivity contribution is -0.123. The molecule has 0 N–H and O–H groups in total. The van der Waals surface area contributed by atoms with Crippen LogP contribution in [0.5, 0.6) is 11.5 Å². The second kappa shape index (κ2) is 8.01. The molecule has 0 aliphatic heterocycles. The summed E-state index contributed by atoms with van der Waals surface area (Å²) >= 11 is 1.43. The average Bonchev–Trinajstić information content (AvgIpc) is 3.09. The number of aryl methyl sites for hydroxylation is 1. The molecule has 0 bridgehead atoms. The van der Waals surface area contributed by atoms with Crippen LogP contribution >= 0.6 is 11.3 Å². The predicted molar refractivity (Wildman–Crippen MR) is 104 cm³/mol. The highest BCUT2D eigenvalue weighted by atomic mass is 32.1. The Morgan fingerprint density at radius 2 is 1.73 bits per heavy atom. The Morgan fingerprint density at radius 3 is 2.31 bits per heavy atom. The van der Waals surface area contributed by atoms with E-state index in [-0.39, 0.29) is 5.91 Å². The third-order valence-corrected chi connectivity index (χ3v) is 4.70. The number of para-hydroxylation sites is 1. The molecular weight excluding hydrogens is 348 g/mol. The Kier molecular flexibility index (Phi) is 5.53. The van der Waals surface area contributed by atoms with Gasteiger partial charge in [-0.25, -0.2) is 4.98 Å². The van der Waals surface area contributed by atoms with E-state index in [1.54, 1.807) is 43.2 Å². The highest BCUT2D eigenvalue weighted by Crippen LogP contribution is 2.30. The van der Waals surface area contributed by atoms with Crippen molar-refractivity contribution in [2.75, 3.05) is 12.0 Å². The first-order valence-corrected chi connectivity index (χ1v) is 9.08. The maximum absolute atomic E-state index is 13.1. The van der Waals surface area contributed by atoms with Crippen molar-refractivity contribution >= 4 is 28.1 Å². The molecule has 134 valence electrons. The van der Waals surface area contributed by atoms with Crippen LogP contribution in [0.3, 0.4) is 0 Å². The van der Waals surface area contributed by atoms with Crippen LogP contribution in [0.2, 0.25) is 0 Å².